The normalized spacial score (nSPS) is 12.0. The van der Waals surface area contributed by atoms with Gasteiger partial charge in [0.2, 0.25) is 0 Å². The third-order valence-electron chi connectivity index (χ3n) is 3.15. The molecule has 1 aromatic heterocycles. The van der Waals surface area contributed by atoms with Crippen molar-refractivity contribution in [2.24, 2.45) is 5.73 Å². The van der Waals surface area contributed by atoms with E-state index in [-0.39, 0.29) is 31.0 Å². The molecule has 0 amide bonds. The fourth-order valence-corrected chi connectivity index (χ4v) is 1.74. The lowest BCUT2D eigenvalue weighted by Crippen LogP contribution is -2.13. The minimum atomic E-state index is -0.0778. The van der Waals surface area contributed by atoms with Crippen molar-refractivity contribution in [1.29, 1.82) is 0 Å². The molecule has 0 aliphatic carbocycles. The highest BCUT2D eigenvalue weighted by Gasteiger charge is 2.19. The molecule has 2 aromatic rings. The van der Waals surface area contributed by atoms with Crippen LogP contribution in [0, 0.1) is 0 Å². The van der Waals surface area contributed by atoms with E-state index in [1.807, 2.05) is 12.1 Å². The van der Waals surface area contributed by atoms with Crippen molar-refractivity contribution in [1.82, 2.24) is 15.2 Å². The number of aromatic amines is 1. The van der Waals surface area contributed by atoms with Gasteiger partial charge in [0.1, 0.15) is 18.2 Å². The highest BCUT2D eigenvalue weighted by atomic mass is 35.5. The molecule has 1 aromatic carbocycles. The van der Waals surface area contributed by atoms with Gasteiger partial charge in [-0.15, -0.1) is 12.4 Å². The van der Waals surface area contributed by atoms with Gasteiger partial charge in [-0.3, -0.25) is 5.10 Å². The van der Waals surface area contributed by atoms with Crippen LogP contribution in [-0.4, -0.2) is 28.3 Å². The SMILES string of the molecule is CC(C)(C)c1nc(-c2ccc(OC/C(=C/F)CN)cc2)n[nH]1.Cl. The highest BCUT2D eigenvalue weighted by Crippen LogP contribution is 2.23. The number of nitrogens with one attached hydrogen (secondary N) is 1. The molecule has 0 aliphatic heterocycles. The maximum Gasteiger partial charge on any atom is 0.181 e. The van der Waals surface area contributed by atoms with Gasteiger partial charge in [-0.25, -0.2) is 9.37 Å². The van der Waals surface area contributed by atoms with Gasteiger partial charge in [0.15, 0.2) is 5.82 Å². The van der Waals surface area contributed by atoms with Crippen LogP contribution in [0.3, 0.4) is 0 Å². The number of nitrogens with zero attached hydrogens (tertiary/aromatic N) is 2. The third-order valence-corrected chi connectivity index (χ3v) is 3.15. The number of hydrogen-bond acceptors (Lipinski definition) is 4. The largest absolute Gasteiger partial charge is 0.489 e. The van der Waals surface area contributed by atoms with Gasteiger partial charge in [-0.1, -0.05) is 20.8 Å². The van der Waals surface area contributed by atoms with Gasteiger partial charge in [-0.05, 0) is 24.3 Å². The summed E-state index contributed by atoms with van der Waals surface area (Å²) in [6.07, 6.45) is 0.482. The lowest BCUT2D eigenvalue weighted by atomic mass is 9.96. The Morgan fingerprint density at radius 1 is 1.30 bits per heavy atom. The first-order valence-electron chi connectivity index (χ1n) is 7.08. The highest BCUT2D eigenvalue weighted by molar-refractivity contribution is 5.85. The van der Waals surface area contributed by atoms with Crippen LogP contribution >= 0.6 is 12.4 Å². The molecule has 126 valence electrons. The molecule has 0 bridgehead atoms. The van der Waals surface area contributed by atoms with E-state index in [9.17, 15) is 4.39 Å². The second kappa shape index (κ2) is 8.08. The molecule has 0 saturated carbocycles. The van der Waals surface area contributed by atoms with Crippen LogP contribution in [-0.2, 0) is 5.41 Å². The zero-order valence-corrected chi connectivity index (χ0v) is 14.3. The monoisotopic (exact) mass is 340 g/mol. The average molecular weight is 341 g/mol. The van der Waals surface area contributed by atoms with Crippen LogP contribution in [0.1, 0.15) is 26.6 Å². The molecule has 0 saturated heterocycles. The summed E-state index contributed by atoms with van der Waals surface area (Å²) in [7, 11) is 0. The van der Waals surface area contributed by atoms with Crippen LogP contribution in [0.5, 0.6) is 5.75 Å². The van der Waals surface area contributed by atoms with Crippen molar-refractivity contribution in [2.75, 3.05) is 13.2 Å². The molecular weight excluding hydrogens is 319 g/mol. The summed E-state index contributed by atoms with van der Waals surface area (Å²) < 4.78 is 17.9. The average Bonchev–Trinajstić information content (AvgIpc) is 2.99. The molecule has 2 rings (SSSR count). The van der Waals surface area contributed by atoms with Crippen LogP contribution in [0.4, 0.5) is 4.39 Å². The van der Waals surface area contributed by atoms with E-state index < -0.39 is 0 Å². The standard InChI is InChI=1S/C16H21FN4O.ClH/c1-16(2,3)15-19-14(20-21-15)12-4-6-13(7-5-12)22-10-11(8-17)9-18;/h4-8H,9-10,18H2,1-3H3,(H,19,20,21);1H/b11-8+;. The predicted octanol–water partition coefficient (Wildman–Crippen LogP) is 3.38. The molecule has 5 nitrogen and oxygen atoms in total. The van der Waals surface area contributed by atoms with E-state index in [0.717, 1.165) is 11.4 Å². The first-order valence-corrected chi connectivity index (χ1v) is 7.08. The summed E-state index contributed by atoms with van der Waals surface area (Å²) in [5.74, 6) is 2.12. The fourth-order valence-electron chi connectivity index (χ4n) is 1.74. The van der Waals surface area contributed by atoms with E-state index in [1.165, 1.54) is 0 Å². The Kier molecular flexibility index (Phi) is 6.72. The maximum atomic E-state index is 12.4. The molecule has 0 atom stereocenters. The number of hydrogen-bond donors (Lipinski definition) is 2. The Labute approximate surface area is 141 Å². The summed E-state index contributed by atoms with van der Waals surface area (Å²) in [4.78, 5) is 4.50. The number of ether oxygens (including phenoxy) is 1. The molecule has 1 heterocycles. The number of H-pyrrole nitrogens is 1. The Hall–Kier alpha value is -1.92. The first-order chi connectivity index (χ1) is 10.4. The van der Waals surface area contributed by atoms with Gasteiger partial charge in [-0.2, -0.15) is 5.10 Å². The Morgan fingerprint density at radius 2 is 1.96 bits per heavy atom. The van der Waals surface area contributed by atoms with Crippen molar-refractivity contribution in [2.45, 2.75) is 26.2 Å². The number of halogens is 2. The molecule has 3 N–H and O–H groups in total. The van der Waals surface area contributed by atoms with Gasteiger partial charge in [0.25, 0.3) is 0 Å². The Morgan fingerprint density at radius 3 is 2.43 bits per heavy atom. The fraction of sp³-hybridized carbons (Fsp3) is 0.375. The van der Waals surface area contributed by atoms with E-state index in [4.69, 9.17) is 10.5 Å². The van der Waals surface area contributed by atoms with Gasteiger partial charge in [0.05, 0.1) is 6.33 Å². The summed E-state index contributed by atoms with van der Waals surface area (Å²) in [6, 6.07) is 7.34. The van der Waals surface area contributed by atoms with Gasteiger partial charge >= 0.3 is 0 Å². The van der Waals surface area contributed by atoms with E-state index in [2.05, 4.69) is 36.0 Å². The molecule has 0 fully saturated rings. The molecule has 0 unspecified atom stereocenters. The number of aromatic nitrogens is 3. The molecule has 23 heavy (non-hydrogen) atoms. The first kappa shape index (κ1) is 19.1. The maximum absolute atomic E-state index is 12.4. The lowest BCUT2D eigenvalue weighted by Gasteiger charge is -2.12. The smallest absolute Gasteiger partial charge is 0.181 e. The predicted molar refractivity (Wildman–Crippen MR) is 91.5 cm³/mol. The zero-order chi connectivity index (χ0) is 16.2. The number of rotatable bonds is 5. The number of benzene rings is 1. The minimum Gasteiger partial charge on any atom is -0.489 e. The second-order valence-corrected chi connectivity index (χ2v) is 6.04. The van der Waals surface area contributed by atoms with Crippen molar-refractivity contribution in [3.05, 3.63) is 42.0 Å². The zero-order valence-electron chi connectivity index (χ0n) is 13.5. The topological polar surface area (TPSA) is 76.8 Å². The third kappa shape index (κ3) is 5.04. The van der Waals surface area contributed by atoms with E-state index in [0.29, 0.717) is 23.5 Å². The summed E-state index contributed by atoms with van der Waals surface area (Å²) in [5, 5.41) is 7.19. The summed E-state index contributed by atoms with van der Waals surface area (Å²) in [6.45, 7) is 6.49. The summed E-state index contributed by atoms with van der Waals surface area (Å²) >= 11 is 0. The van der Waals surface area contributed by atoms with Crippen LogP contribution < -0.4 is 10.5 Å². The Bertz CT molecular complexity index is 647. The lowest BCUT2D eigenvalue weighted by molar-refractivity contribution is 0.347. The van der Waals surface area contributed by atoms with Crippen molar-refractivity contribution >= 4 is 12.4 Å². The second-order valence-electron chi connectivity index (χ2n) is 6.04. The molecule has 0 radical (unpaired) electrons. The summed E-state index contributed by atoms with van der Waals surface area (Å²) in [5.41, 5.74) is 6.60. The molecular formula is C16H22ClFN4O. The van der Waals surface area contributed by atoms with Crippen LogP contribution in [0.15, 0.2) is 36.2 Å². The van der Waals surface area contributed by atoms with E-state index >= 15 is 0 Å². The van der Waals surface area contributed by atoms with Gasteiger partial charge < -0.3 is 10.5 Å². The van der Waals surface area contributed by atoms with Gasteiger partial charge in [0, 0.05) is 23.1 Å². The van der Waals surface area contributed by atoms with Crippen molar-refractivity contribution in [3.8, 4) is 17.1 Å². The van der Waals surface area contributed by atoms with Crippen molar-refractivity contribution in [3.63, 3.8) is 0 Å². The van der Waals surface area contributed by atoms with Crippen LogP contribution in [0.25, 0.3) is 11.4 Å². The number of nitrogens with two attached hydrogens (primary N) is 1. The van der Waals surface area contributed by atoms with E-state index in [1.54, 1.807) is 12.1 Å². The van der Waals surface area contributed by atoms with Crippen LogP contribution in [0.2, 0.25) is 0 Å². The Balaban J connectivity index is 0.00000264. The van der Waals surface area contributed by atoms with Crippen molar-refractivity contribution < 1.29 is 9.13 Å². The molecule has 0 aliphatic rings. The molecule has 0 spiro atoms. The minimum absolute atomic E-state index is 0. The molecule has 7 heteroatoms. The quantitative estimate of drug-likeness (QED) is 0.874.